The number of para-hydroxylation sites is 1. The van der Waals surface area contributed by atoms with Gasteiger partial charge in [0, 0.05) is 30.1 Å². The summed E-state index contributed by atoms with van der Waals surface area (Å²) in [6, 6.07) is 6.47. The molecule has 1 unspecified atom stereocenters. The average Bonchev–Trinajstić information content (AvgIpc) is 3.09. The van der Waals surface area contributed by atoms with Gasteiger partial charge in [-0.25, -0.2) is 4.98 Å². The van der Waals surface area contributed by atoms with Gasteiger partial charge in [-0.3, -0.25) is 19.3 Å². The van der Waals surface area contributed by atoms with Gasteiger partial charge < -0.3 is 11.1 Å². The third-order valence-electron chi connectivity index (χ3n) is 4.24. The summed E-state index contributed by atoms with van der Waals surface area (Å²) in [6.07, 6.45) is 1.52. The van der Waals surface area contributed by atoms with Crippen LogP contribution in [0.3, 0.4) is 0 Å². The monoisotopic (exact) mass is 402 g/mol. The fourth-order valence-electron chi connectivity index (χ4n) is 3.00. The molecular weight excluding hydrogens is 376 g/mol. The molecule has 0 saturated carbocycles. The van der Waals surface area contributed by atoms with Crippen LogP contribution in [-0.2, 0) is 14.4 Å². The summed E-state index contributed by atoms with van der Waals surface area (Å²) in [4.78, 5) is 43.0. The first-order valence-corrected chi connectivity index (χ1v) is 9.85. The highest BCUT2D eigenvalue weighted by Gasteiger charge is 2.39. The fourth-order valence-corrected chi connectivity index (χ4v) is 3.55. The van der Waals surface area contributed by atoms with Crippen LogP contribution in [0.4, 0.5) is 10.8 Å². The summed E-state index contributed by atoms with van der Waals surface area (Å²) in [5, 5.41) is 4.89. The van der Waals surface area contributed by atoms with E-state index in [-0.39, 0.29) is 24.7 Å². The van der Waals surface area contributed by atoms with Crippen molar-refractivity contribution in [2.45, 2.75) is 46.6 Å². The number of amides is 3. The highest BCUT2D eigenvalue weighted by Crippen LogP contribution is 2.31. The number of primary amides is 1. The Labute approximate surface area is 168 Å². The SMILES string of the molecule is Cc1ccccc1N(C(=O)CCC(=O)Nc1nccs1)C(C(N)=O)C(C)(C)C. The number of carbonyl (C=O) groups excluding carboxylic acids is 3. The van der Waals surface area contributed by atoms with Gasteiger partial charge in [-0.15, -0.1) is 11.3 Å². The number of hydrogen-bond donors (Lipinski definition) is 2. The van der Waals surface area contributed by atoms with E-state index in [1.165, 1.54) is 16.2 Å². The summed E-state index contributed by atoms with van der Waals surface area (Å²) in [6.45, 7) is 7.44. The summed E-state index contributed by atoms with van der Waals surface area (Å²) >= 11 is 1.30. The maximum Gasteiger partial charge on any atom is 0.241 e. The van der Waals surface area contributed by atoms with Crippen LogP contribution in [0.25, 0.3) is 0 Å². The lowest BCUT2D eigenvalue weighted by Gasteiger charge is -2.38. The van der Waals surface area contributed by atoms with Crippen molar-refractivity contribution in [1.82, 2.24) is 4.98 Å². The second-order valence-electron chi connectivity index (χ2n) is 7.61. The van der Waals surface area contributed by atoms with Gasteiger partial charge in [0.2, 0.25) is 17.7 Å². The van der Waals surface area contributed by atoms with Crippen molar-refractivity contribution in [3.63, 3.8) is 0 Å². The third kappa shape index (κ3) is 5.39. The van der Waals surface area contributed by atoms with E-state index in [9.17, 15) is 14.4 Å². The van der Waals surface area contributed by atoms with Crippen molar-refractivity contribution in [2.75, 3.05) is 10.2 Å². The summed E-state index contributed by atoms with van der Waals surface area (Å²) in [5.74, 6) is -1.22. The number of rotatable bonds is 7. The molecule has 0 aliphatic heterocycles. The smallest absolute Gasteiger partial charge is 0.241 e. The van der Waals surface area contributed by atoms with Gasteiger partial charge in [-0.05, 0) is 24.0 Å². The van der Waals surface area contributed by atoms with E-state index in [0.717, 1.165) is 5.56 Å². The topological polar surface area (TPSA) is 105 Å². The second kappa shape index (κ2) is 8.97. The molecule has 0 fully saturated rings. The summed E-state index contributed by atoms with van der Waals surface area (Å²) in [7, 11) is 0. The predicted molar refractivity (Wildman–Crippen MR) is 111 cm³/mol. The van der Waals surface area contributed by atoms with Crippen molar-refractivity contribution in [3.8, 4) is 0 Å². The minimum Gasteiger partial charge on any atom is -0.368 e. The van der Waals surface area contributed by atoms with E-state index in [1.54, 1.807) is 23.7 Å². The van der Waals surface area contributed by atoms with E-state index in [2.05, 4.69) is 10.3 Å². The number of aryl methyl sites for hydroxylation is 1. The number of nitrogens with zero attached hydrogens (tertiary/aromatic N) is 2. The molecule has 2 aromatic rings. The Hall–Kier alpha value is -2.74. The largest absolute Gasteiger partial charge is 0.368 e. The zero-order valence-electron chi connectivity index (χ0n) is 16.6. The highest BCUT2D eigenvalue weighted by molar-refractivity contribution is 7.13. The van der Waals surface area contributed by atoms with Gasteiger partial charge in [-0.2, -0.15) is 0 Å². The van der Waals surface area contributed by atoms with Crippen LogP contribution in [0.15, 0.2) is 35.8 Å². The molecule has 2 rings (SSSR count). The summed E-state index contributed by atoms with van der Waals surface area (Å²) in [5.41, 5.74) is 6.56. The van der Waals surface area contributed by atoms with Crippen LogP contribution < -0.4 is 16.0 Å². The maximum atomic E-state index is 13.1. The number of nitrogens with one attached hydrogen (secondary N) is 1. The Morgan fingerprint density at radius 2 is 1.89 bits per heavy atom. The van der Waals surface area contributed by atoms with Crippen molar-refractivity contribution in [2.24, 2.45) is 11.1 Å². The van der Waals surface area contributed by atoms with Gasteiger partial charge in [-0.1, -0.05) is 39.0 Å². The Kier molecular flexibility index (Phi) is 6.90. The molecule has 1 heterocycles. The molecule has 0 spiro atoms. The molecule has 0 radical (unpaired) electrons. The van der Waals surface area contributed by atoms with E-state index in [4.69, 9.17) is 5.73 Å². The fraction of sp³-hybridized carbons (Fsp3) is 0.400. The minimum absolute atomic E-state index is 0.0174. The van der Waals surface area contributed by atoms with Gasteiger partial charge in [0.15, 0.2) is 5.13 Å². The summed E-state index contributed by atoms with van der Waals surface area (Å²) < 4.78 is 0. The molecule has 1 aromatic carbocycles. The number of benzene rings is 1. The Balaban J connectivity index is 2.25. The second-order valence-corrected chi connectivity index (χ2v) is 8.50. The van der Waals surface area contributed by atoms with E-state index in [0.29, 0.717) is 10.8 Å². The molecule has 0 saturated heterocycles. The molecule has 3 N–H and O–H groups in total. The number of nitrogens with two attached hydrogens (primary N) is 1. The molecule has 0 aliphatic carbocycles. The number of hydrogen-bond acceptors (Lipinski definition) is 5. The molecule has 8 heteroatoms. The van der Waals surface area contributed by atoms with Gasteiger partial charge in [0.25, 0.3) is 0 Å². The first-order valence-electron chi connectivity index (χ1n) is 8.97. The average molecular weight is 403 g/mol. The molecule has 3 amide bonds. The Morgan fingerprint density at radius 3 is 2.43 bits per heavy atom. The molecule has 0 bridgehead atoms. The molecule has 150 valence electrons. The lowest BCUT2D eigenvalue weighted by molar-refractivity contribution is -0.127. The van der Waals surface area contributed by atoms with Crippen LogP contribution >= 0.6 is 11.3 Å². The first kappa shape index (κ1) is 21.6. The van der Waals surface area contributed by atoms with Crippen molar-refractivity contribution >= 4 is 39.9 Å². The Bertz CT molecular complexity index is 843. The zero-order chi connectivity index (χ0) is 20.9. The molecule has 1 aromatic heterocycles. The van der Waals surface area contributed by atoms with Crippen LogP contribution in [0.2, 0.25) is 0 Å². The molecule has 0 aliphatic rings. The van der Waals surface area contributed by atoms with Crippen LogP contribution in [0.1, 0.15) is 39.2 Å². The Morgan fingerprint density at radius 1 is 1.21 bits per heavy atom. The van der Waals surface area contributed by atoms with Crippen LogP contribution in [0, 0.1) is 12.3 Å². The lowest BCUT2D eigenvalue weighted by atomic mass is 9.84. The quantitative estimate of drug-likeness (QED) is 0.742. The third-order valence-corrected chi connectivity index (χ3v) is 4.92. The molecule has 1 atom stereocenters. The van der Waals surface area contributed by atoms with Crippen molar-refractivity contribution < 1.29 is 14.4 Å². The first-order chi connectivity index (χ1) is 13.1. The van der Waals surface area contributed by atoms with Crippen molar-refractivity contribution in [3.05, 3.63) is 41.4 Å². The lowest BCUT2D eigenvalue weighted by Crippen LogP contribution is -2.55. The van der Waals surface area contributed by atoms with Crippen LogP contribution in [0.5, 0.6) is 0 Å². The van der Waals surface area contributed by atoms with E-state index < -0.39 is 17.4 Å². The molecule has 28 heavy (non-hydrogen) atoms. The normalized spacial score (nSPS) is 12.3. The highest BCUT2D eigenvalue weighted by atomic mass is 32.1. The van der Waals surface area contributed by atoms with Gasteiger partial charge >= 0.3 is 0 Å². The minimum atomic E-state index is -0.844. The molecular formula is C20H26N4O3S. The maximum absolute atomic E-state index is 13.1. The van der Waals surface area contributed by atoms with Gasteiger partial charge in [0.05, 0.1) is 0 Å². The zero-order valence-corrected chi connectivity index (χ0v) is 17.4. The van der Waals surface area contributed by atoms with Crippen LogP contribution in [-0.4, -0.2) is 28.7 Å². The predicted octanol–water partition coefficient (Wildman–Crippen LogP) is 3.10. The van der Waals surface area contributed by atoms with E-state index >= 15 is 0 Å². The standard InChI is InChI=1S/C20H26N4O3S/c1-13-7-5-6-8-14(13)24(17(18(21)27)20(2,3)4)16(26)10-9-15(25)23-19-22-11-12-28-19/h5-8,11-12,17H,9-10H2,1-4H3,(H2,21,27)(H,22,23,25). The van der Waals surface area contributed by atoms with Gasteiger partial charge in [0.1, 0.15) is 6.04 Å². The number of carbonyl (C=O) groups is 3. The number of anilines is 2. The number of thiazole rings is 1. The van der Waals surface area contributed by atoms with Crippen molar-refractivity contribution in [1.29, 1.82) is 0 Å². The molecule has 7 nitrogen and oxygen atoms in total. The van der Waals surface area contributed by atoms with E-state index in [1.807, 2.05) is 39.8 Å². The number of aromatic nitrogens is 1.